The van der Waals surface area contributed by atoms with E-state index in [0.29, 0.717) is 23.8 Å². The van der Waals surface area contributed by atoms with Crippen molar-refractivity contribution in [2.45, 2.75) is 13.1 Å². The van der Waals surface area contributed by atoms with Crippen LogP contribution in [0.5, 0.6) is 0 Å². The molecule has 0 fully saturated rings. The smallest absolute Gasteiger partial charge is 0.319 e. The van der Waals surface area contributed by atoms with Crippen LogP contribution in [0.25, 0.3) is 0 Å². The second kappa shape index (κ2) is 6.26. The van der Waals surface area contributed by atoms with Crippen molar-refractivity contribution in [2.75, 3.05) is 5.32 Å². The number of carbonyl (C=O) groups is 1. The van der Waals surface area contributed by atoms with Crippen LogP contribution in [0, 0.1) is 22.9 Å². The highest BCUT2D eigenvalue weighted by molar-refractivity contribution is 6.05. The zero-order chi connectivity index (χ0) is 18.1. The molecule has 126 valence electrons. The van der Waals surface area contributed by atoms with Crippen LogP contribution >= 0.6 is 0 Å². The molecule has 24 heavy (non-hydrogen) atoms. The van der Waals surface area contributed by atoms with Gasteiger partial charge in [-0.2, -0.15) is 13.2 Å². The van der Waals surface area contributed by atoms with Crippen molar-refractivity contribution in [2.24, 2.45) is 0 Å². The molecule has 0 aromatic heterocycles. The molecule has 2 aromatic carbocycles. The fourth-order valence-electron chi connectivity index (χ4n) is 1.96. The first-order chi connectivity index (χ1) is 11.1. The number of nitro benzene ring substituents is 1. The zero-order valence-corrected chi connectivity index (χ0v) is 12.1. The molecule has 0 spiro atoms. The van der Waals surface area contributed by atoms with E-state index in [1.165, 1.54) is 19.1 Å². The summed E-state index contributed by atoms with van der Waals surface area (Å²) >= 11 is 0. The number of amides is 1. The molecule has 0 aliphatic heterocycles. The number of benzene rings is 2. The number of non-ortho nitro benzene ring substituents is 1. The quantitative estimate of drug-likeness (QED) is 0.513. The molecule has 5 nitrogen and oxygen atoms in total. The average molecular weight is 342 g/mol. The Morgan fingerprint density at radius 3 is 2.42 bits per heavy atom. The Morgan fingerprint density at radius 2 is 1.83 bits per heavy atom. The molecule has 0 unspecified atom stereocenters. The summed E-state index contributed by atoms with van der Waals surface area (Å²) in [5.41, 5.74) is -1.95. The molecule has 0 saturated heterocycles. The summed E-state index contributed by atoms with van der Waals surface area (Å²) in [6, 6.07) is 5.05. The van der Waals surface area contributed by atoms with Crippen molar-refractivity contribution >= 4 is 17.3 Å². The predicted octanol–water partition coefficient (Wildman–Crippen LogP) is 4.31. The van der Waals surface area contributed by atoms with E-state index in [0.717, 1.165) is 6.07 Å². The Bertz CT molecular complexity index is 819. The van der Waals surface area contributed by atoms with Gasteiger partial charge in [-0.3, -0.25) is 14.9 Å². The Labute approximate surface area is 133 Å². The van der Waals surface area contributed by atoms with E-state index < -0.39 is 34.1 Å². The largest absolute Gasteiger partial charge is 0.416 e. The maximum atomic E-state index is 13.7. The number of nitrogens with zero attached hydrogens (tertiary/aromatic N) is 1. The minimum atomic E-state index is -4.70. The Hall–Kier alpha value is -2.97. The van der Waals surface area contributed by atoms with E-state index in [1.807, 2.05) is 5.32 Å². The van der Waals surface area contributed by atoms with Crippen molar-refractivity contribution in [3.8, 4) is 0 Å². The number of nitrogens with one attached hydrogen (secondary N) is 1. The molecule has 1 N–H and O–H groups in total. The lowest BCUT2D eigenvalue weighted by molar-refractivity contribution is -0.384. The van der Waals surface area contributed by atoms with E-state index in [9.17, 15) is 32.5 Å². The molecule has 0 heterocycles. The van der Waals surface area contributed by atoms with Gasteiger partial charge < -0.3 is 5.32 Å². The van der Waals surface area contributed by atoms with Gasteiger partial charge in [0, 0.05) is 17.7 Å². The summed E-state index contributed by atoms with van der Waals surface area (Å²) < 4.78 is 51.6. The number of hydrogen-bond donors (Lipinski definition) is 1. The highest BCUT2D eigenvalue weighted by Crippen LogP contribution is 2.32. The molecule has 1 amide bonds. The van der Waals surface area contributed by atoms with E-state index in [2.05, 4.69) is 0 Å². The molecular weight excluding hydrogens is 332 g/mol. The molecule has 2 aromatic rings. The molecule has 0 saturated carbocycles. The standard InChI is InChI=1S/C15H10F4N2O3/c1-8-2-4-10(21(23)24)7-11(8)14(22)20-13-6-9(15(17,18)19)3-5-12(13)16/h2-7H,1H3,(H,20,22). The normalized spacial score (nSPS) is 11.2. The van der Waals surface area contributed by atoms with E-state index in [-0.39, 0.29) is 11.3 Å². The summed E-state index contributed by atoms with van der Waals surface area (Å²) in [7, 11) is 0. The molecule has 0 bridgehead atoms. The topological polar surface area (TPSA) is 72.2 Å². The van der Waals surface area contributed by atoms with E-state index in [4.69, 9.17) is 0 Å². The third-order valence-corrected chi connectivity index (χ3v) is 3.22. The van der Waals surface area contributed by atoms with Crippen LogP contribution in [0.2, 0.25) is 0 Å². The lowest BCUT2D eigenvalue weighted by Gasteiger charge is -2.12. The van der Waals surface area contributed by atoms with Crippen LogP contribution in [0.1, 0.15) is 21.5 Å². The minimum absolute atomic E-state index is 0.138. The van der Waals surface area contributed by atoms with E-state index >= 15 is 0 Å². The van der Waals surface area contributed by atoms with Gasteiger partial charge >= 0.3 is 6.18 Å². The maximum Gasteiger partial charge on any atom is 0.416 e. The third kappa shape index (κ3) is 3.67. The second-order valence-electron chi connectivity index (χ2n) is 4.90. The lowest BCUT2D eigenvalue weighted by atomic mass is 10.1. The van der Waals surface area contributed by atoms with Gasteiger partial charge in [-0.1, -0.05) is 6.07 Å². The second-order valence-corrected chi connectivity index (χ2v) is 4.90. The summed E-state index contributed by atoms with van der Waals surface area (Å²) in [6.07, 6.45) is -4.70. The summed E-state index contributed by atoms with van der Waals surface area (Å²) in [5.74, 6) is -2.01. The number of halogens is 4. The number of aryl methyl sites for hydroxylation is 1. The number of alkyl halides is 3. The number of nitro groups is 1. The van der Waals surface area contributed by atoms with Crippen LogP contribution in [0.15, 0.2) is 36.4 Å². The first-order valence-corrected chi connectivity index (χ1v) is 6.52. The Kier molecular flexibility index (Phi) is 4.54. The Morgan fingerprint density at radius 1 is 1.17 bits per heavy atom. The summed E-state index contributed by atoms with van der Waals surface area (Å²) in [6.45, 7) is 1.49. The monoisotopic (exact) mass is 342 g/mol. The van der Waals surface area contributed by atoms with Gasteiger partial charge in [0.15, 0.2) is 0 Å². The van der Waals surface area contributed by atoms with Crippen LogP contribution in [0.3, 0.4) is 0 Å². The van der Waals surface area contributed by atoms with Crippen LogP contribution in [0.4, 0.5) is 28.9 Å². The fraction of sp³-hybridized carbons (Fsp3) is 0.133. The van der Waals surface area contributed by atoms with Gasteiger partial charge in [0.05, 0.1) is 16.2 Å². The zero-order valence-electron chi connectivity index (χ0n) is 12.1. The van der Waals surface area contributed by atoms with Gasteiger partial charge in [-0.15, -0.1) is 0 Å². The fourth-order valence-corrected chi connectivity index (χ4v) is 1.96. The summed E-state index contributed by atoms with van der Waals surface area (Å²) in [5, 5.41) is 12.8. The molecule has 0 aliphatic rings. The third-order valence-electron chi connectivity index (χ3n) is 3.22. The van der Waals surface area contributed by atoms with Crippen molar-refractivity contribution in [1.82, 2.24) is 0 Å². The van der Waals surface area contributed by atoms with Crippen LogP contribution in [-0.2, 0) is 6.18 Å². The van der Waals surface area contributed by atoms with Gasteiger partial charge in [-0.05, 0) is 30.7 Å². The Balaban J connectivity index is 2.37. The van der Waals surface area contributed by atoms with Gasteiger partial charge in [0.2, 0.25) is 0 Å². The molecule has 0 radical (unpaired) electrons. The van der Waals surface area contributed by atoms with Crippen LogP contribution < -0.4 is 5.32 Å². The number of rotatable bonds is 3. The number of anilines is 1. The van der Waals surface area contributed by atoms with Gasteiger partial charge in [0.25, 0.3) is 11.6 Å². The van der Waals surface area contributed by atoms with Gasteiger partial charge in [-0.25, -0.2) is 4.39 Å². The summed E-state index contributed by atoms with van der Waals surface area (Å²) in [4.78, 5) is 22.2. The lowest BCUT2D eigenvalue weighted by Crippen LogP contribution is -2.16. The van der Waals surface area contributed by atoms with E-state index in [1.54, 1.807) is 0 Å². The minimum Gasteiger partial charge on any atom is -0.319 e. The number of hydrogen-bond acceptors (Lipinski definition) is 3. The van der Waals surface area contributed by atoms with Crippen molar-refractivity contribution in [3.63, 3.8) is 0 Å². The highest BCUT2D eigenvalue weighted by Gasteiger charge is 2.31. The SMILES string of the molecule is Cc1ccc([N+](=O)[O-])cc1C(=O)Nc1cc(C(F)(F)F)ccc1F. The molecular formula is C15H10F4N2O3. The molecule has 2 rings (SSSR count). The molecule has 9 heteroatoms. The average Bonchev–Trinajstić information content (AvgIpc) is 2.48. The molecule has 0 aliphatic carbocycles. The predicted molar refractivity (Wildman–Crippen MR) is 77.2 cm³/mol. The first kappa shape index (κ1) is 17.4. The first-order valence-electron chi connectivity index (χ1n) is 6.52. The van der Waals surface area contributed by atoms with Crippen molar-refractivity contribution < 1.29 is 27.3 Å². The van der Waals surface area contributed by atoms with Crippen molar-refractivity contribution in [1.29, 1.82) is 0 Å². The van der Waals surface area contributed by atoms with Crippen LogP contribution in [-0.4, -0.2) is 10.8 Å². The maximum absolute atomic E-state index is 13.7. The van der Waals surface area contributed by atoms with Crippen molar-refractivity contribution in [3.05, 3.63) is 69.0 Å². The number of carbonyl (C=O) groups excluding carboxylic acids is 1. The molecule has 0 atom stereocenters. The highest BCUT2D eigenvalue weighted by atomic mass is 19.4. The van der Waals surface area contributed by atoms with Gasteiger partial charge in [0.1, 0.15) is 5.82 Å².